The molecule has 0 radical (unpaired) electrons. The van der Waals surface area contributed by atoms with Gasteiger partial charge in [0.05, 0.1) is 5.56 Å². The predicted molar refractivity (Wildman–Crippen MR) is 71.0 cm³/mol. The van der Waals surface area contributed by atoms with Crippen molar-refractivity contribution in [1.29, 1.82) is 0 Å². The van der Waals surface area contributed by atoms with E-state index in [0.717, 1.165) is 6.42 Å². The zero-order valence-electron chi connectivity index (χ0n) is 9.55. The molecule has 0 bridgehead atoms. The van der Waals surface area contributed by atoms with E-state index in [9.17, 15) is 9.18 Å². The number of carbonyl (C=O) groups excluding carboxylic acids is 1. The van der Waals surface area contributed by atoms with Gasteiger partial charge in [-0.1, -0.05) is 6.92 Å². The summed E-state index contributed by atoms with van der Waals surface area (Å²) in [6.07, 6.45) is 0.843. The Labute approximate surface area is 114 Å². The third kappa shape index (κ3) is 3.96. The lowest BCUT2D eigenvalue weighted by atomic mass is 10.2. The molecule has 0 fully saturated rings. The summed E-state index contributed by atoms with van der Waals surface area (Å²) in [5.74, 6) is -0.240. The van der Waals surface area contributed by atoms with Gasteiger partial charge in [0.25, 0.3) is 5.91 Å². The van der Waals surface area contributed by atoms with Crippen LogP contribution in [0.2, 0.25) is 0 Å². The van der Waals surface area contributed by atoms with Gasteiger partial charge in [-0.05, 0) is 40.5 Å². The first-order valence-electron chi connectivity index (χ1n) is 5.40. The highest BCUT2D eigenvalue weighted by atomic mass is 79.9. The van der Waals surface area contributed by atoms with Crippen LogP contribution in [0.15, 0.2) is 22.7 Å². The van der Waals surface area contributed by atoms with Crippen LogP contribution in [0.25, 0.3) is 0 Å². The van der Waals surface area contributed by atoms with Crippen LogP contribution in [-0.2, 0) is 0 Å². The monoisotopic (exact) mass is 321 g/mol. The molecule has 5 heteroatoms. The lowest BCUT2D eigenvalue weighted by Crippen LogP contribution is -2.33. The summed E-state index contributed by atoms with van der Waals surface area (Å²) >= 11 is 8.91. The predicted octanol–water partition coefficient (Wildman–Crippen LogP) is 3.68. The molecule has 0 saturated heterocycles. The van der Waals surface area contributed by atoms with Crippen LogP contribution in [0, 0.1) is 5.82 Å². The topological polar surface area (TPSA) is 20.3 Å². The number of halogens is 3. The molecule has 17 heavy (non-hydrogen) atoms. The van der Waals surface area contributed by atoms with E-state index in [2.05, 4.69) is 15.9 Å². The lowest BCUT2D eigenvalue weighted by molar-refractivity contribution is 0.0764. The molecule has 0 atom stereocenters. The van der Waals surface area contributed by atoms with E-state index in [1.807, 2.05) is 6.92 Å². The largest absolute Gasteiger partial charge is 0.337 e. The maximum Gasteiger partial charge on any atom is 0.255 e. The number of carbonyl (C=O) groups is 1. The minimum atomic E-state index is -0.418. The molecule has 0 spiro atoms. The average Bonchev–Trinajstić information content (AvgIpc) is 2.31. The highest BCUT2D eigenvalue weighted by Crippen LogP contribution is 2.19. The van der Waals surface area contributed by atoms with E-state index in [1.54, 1.807) is 4.90 Å². The van der Waals surface area contributed by atoms with E-state index in [1.165, 1.54) is 18.2 Å². The minimum Gasteiger partial charge on any atom is -0.337 e. The Hall–Kier alpha value is -0.610. The number of nitrogens with zero attached hydrogens (tertiary/aromatic N) is 1. The number of alkyl halides is 1. The molecular weight excluding hydrogens is 308 g/mol. The maximum atomic E-state index is 13.1. The Kier molecular flexibility index (Phi) is 5.92. The second-order valence-electron chi connectivity index (χ2n) is 3.61. The SMILES string of the molecule is CCCN(CCCl)C(=O)c1cc(F)ccc1Br. The molecule has 1 rings (SSSR count). The molecule has 2 nitrogen and oxygen atoms in total. The Morgan fingerprint density at radius 1 is 1.47 bits per heavy atom. The van der Waals surface area contributed by atoms with Crippen LogP contribution in [0.1, 0.15) is 23.7 Å². The molecule has 0 aliphatic rings. The number of rotatable bonds is 5. The molecule has 0 saturated carbocycles. The van der Waals surface area contributed by atoms with Gasteiger partial charge < -0.3 is 4.90 Å². The Bertz CT molecular complexity index is 394. The van der Waals surface area contributed by atoms with Crippen molar-refractivity contribution in [3.63, 3.8) is 0 Å². The fraction of sp³-hybridized carbons (Fsp3) is 0.417. The van der Waals surface area contributed by atoms with E-state index < -0.39 is 5.82 Å². The van der Waals surface area contributed by atoms with Gasteiger partial charge in [-0.3, -0.25) is 4.79 Å². The van der Waals surface area contributed by atoms with Gasteiger partial charge in [0.15, 0.2) is 0 Å². The van der Waals surface area contributed by atoms with Gasteiger partial charge >= 0.3 is 0 Å². The summed E-state index contributed by atoms with van der Waals surface area (Å²) in [4.78, 5) is 13.8. The summed E-state index contributed by atoms with van der Waals surface area (Å²) in [5.41, 5.74) is 0.337. The molecule has 1 amide bonds. The molecule has 0 N–H and O–H groups in total. The normalized spacial score (nSPS) is 10.4. The van der Waals surface area contributed by atoms with Crippen molar-refractivity contribution in [2.24, 2.45) is 0 Å². The minimum absolute atomic E-state index is 0.195. The van der Waals surface area contributed by atoms with Gasteiger partial charge in [0.2, 0.25) is 0 Å². The van der Waals surface area contributed by atoms with Crippen molar-refractivity contribution in [3.05, 3.63) is 34.1 Å². The molecule has 1 aromatic carbocycles. The van der Waals surface area contributed by atoms with Crippen LogP contribution in [0.3, 0.4) is 0 Å². The standard InChI is InChI=1S/C12H14BrClFNO/c1-2-6-16(7-5-14)12(17)10-8-9(15)3-4-11(10)13/h3-4,8H,2,5-7H2,1H3. The van der Waals surface area contributed by atoms with Crippen LogP contribution in [0.4, 0.5) is 4.39 Å². The first-order valence-corrected chi connectivity index (χ1v) is 6.73. The lowest BCUT2D eigenvalue weighted by Gasteiger charge is -2.21. The second-order valence-corrected chi connectivity index (χ2v) is 4.84. The van der Waals surface area contributed by atoms with Gasteiger partial charge in [0, 0.05) is 23.4 Å². The zero-order chi connectivity index (χ0) is 12.8. The van der Waals surface area contributed by atoms with Crippen molar-refractivity contribution in [2.45, 2.75) is 13.3 Å². The maximum absolute atomic E-state index is 13.1. The van der Waals surface area contributed by atoms with E-state index in [-0.39, 0.29) is 5.91 Å². The zero-order valence-corrected chi connectivity index (χ0v) is 11.9. The van der Waals surface area contributed by atoms with Gasteiger partial charge in [-0.15, -0.1) is 11.6 Å². The van der Waals surface area contributed by atoms with Crippen molar-refractivity contribution < 1.29 is 9.18 Å². The van der Waals surface area contributed by atoms with E-state index in [0.29, 0.717) is 29.0 Å². The van der Waals surface area contributed by atoms with Gasteiger partial charge in [0.1, 0.15) is 5.82 Å². The second kappa shape index (κ2) is 6.97. The van der Waals surface area contributed by atoms with Gasteiger partial charge in [-0.2, -0.15) is 0 Å². The first kappa shape index (κ1) is 14.5. The fourth-order valence-corrected chi connectivity index (χ4v) is 2.14. The van der Waals surface area contributed by atoms with Crippen molar-refractivity contribution in [1.82, 2.24) is 4.90 Å². The van der Waals surface area contributed by atoms with Crippen LogP contribution >= 0.6 is 27.5 Å². The highest BCUT2D eigenvalue weighted by molar-refractivity contribution is 9.10. The molecule has 0 unspecified atom stereocenters. The summed E-state index contributed by atoms with van der Waals surface area (Å²) < 4.78 is 13.7. The highest BCUT2D eigenvalue weighted by Gasteiger charge is 2.17. The quantitative estimate of drug-likeness (QED) is 0.757. The average molecular weight is 323 g/mol. The molecule has 1 aromatic rings. The summed E-state index contributed by atoms with van der Waals surface area (Å²) in [5, 5.41) is 0. The number of amides is 1. The number of hydrogen-bond acceptors (Lipinski definition) is 1. The Morgan fingerprint density at radius 3 is 2.76 bits per heavy atom. The number of hydrogen-bond donors (Lipinski definition) is 0. The summed E-state index contributed by atoms with van der Waals surface area (Å²) in [6, 6.07) is 4.09. The van der Waals surface area contributed by atoms with Crippen molar-refractivity contribution >= 4 is 33.4 Å². The third-order valence-corrected chi connectivity index (χ3v) is 3.15. The van der Waals surface area contributed by atoms with E-state index in [4.69, 9.17) is 11.6 Å². The van der Waals surface area contributed by atoms with Crippen molar-refractivity contribution in [3.8, 4) is 0 Å². The van der Waals surface area contributed by atoms with Crippen LogP contribution in [0.5, 0.6) is 0 Å². The van der Waals surface area contributed by atoms with Crippen LogP contribution in [-0.4, -0.2) is 29.8 Å². The third-order valence-electron chi connectivity index (χ3n) is 2.29. The molecule has 0 heterocycles. The molecule has 0 aliphatic carbocycles. The van der Waals surface area contributed by atoms with E-state index >= 15 is 0 Å². The Balaban J connectivity index is 2.95. The summed E-state index contributed by atoms with van der Waals surface area (Å²) in [6.45, 7) is 3.07. The summed E-state index contributed by atoms with van der Waals surface area (Å²) in [7, 11) is 0. The molecule has 94 valence electrons. The van der Waals surface area contributed by atoms with Crippen molar-refractivity contribution in [2.75, 3.05) is 19.0 Å². The number of benzene rings is 1. The van der Waals surface area contributed by atoms with Gasteiger partial charge in [-0.25, -0.2) is 4.39 Å². The molecule has 0 aromatic heterocycles. The molecular formula is C12H14BrClFNO. The smallest absolute Gasteiger partial charge is 0.255 e. The molecule has 0 aliphatic heterocycles. The fourth-order valence-electron chi connectivity index (χ4n) is 1.52. The van der Waals surface area contributed by atoms with Crippen LogP contribution < -0.4 is 0 Å². The first-order chi connectivity index (χ1) is 8.10. The Morgan fingerprint density at radius 2 is 2.18 bits per heavy atom.